The van der Waals surface area contributed by atoms with Crippen LogP contribution in [-0.4, -0.2) is 22.1 Å². The van der Waals surface area contributed by atoms with Gasteiger partial charge in [0.15, 0.2) is 5.65 Å². The molecule has 2 heterocycles. The normalized spacial score (nSPS) is 11.7. The van der Waals surface area contributed by atoms with Crippen molar-refractivity contribution in [3.63, 3.8) is 0 Å². The molecule has 2 aromatic heterocycles. The first-order valence-electron chi connectivity index (χ1n) is 6.42. The van der Waals surface area contributed by atoms with Crippen LogP contribution in [0.4, 0.5) is 28.9 Å². The number of methoxy groups -OCH3 is 1. The topological polar surface area (TPSA) is 62.8 Å². The van der Waals surface area contributed by atoms with Crippen molar-refractivity contribution in [3.8, 4) is 5.88 Å². The molecule has 0 aliphatic carbocycles. The number of alkyl halides is 3. The summed E-state index contributed by atoms with van der Waals surface area (Å²) in [5.41, 5.74) is 0.259. The standard InChI is InChI=1S/C14H10F4N4O/c1-23-12-10(19-8-5-3-2-4-7(8)15)6-9-11(21-12)22-13(20-9)14(16,17)18/h2-6,19H,1H3,(H,20,21,22). The van der Waals surface area contributed by atoms with Gasteiger partial charge in [0, 0.05) is 0 Å². The number of hydrogen-bond acceptors (Lipinski definition) is 4. The molecule has 3 rings (SSSR count). The van der Waals surface area contributed by atoms with Crippen LogP contribution in [0, 0.1) is 5.82 Å². The van der Waals surface area contributed by atoms with Crippen molar-refractivity contribution < 1.29 is 22.3 Å². The van der Waals surface area contributed by atoms with Crippen LogP contribution < -0.4 is 10.1 Å². The first-order chi connectivity index (χ1) is 10.9. The third-order valence-corrected chi connectivity index (χ3v) is 3.04. The number of aromatic amines is 1. The third-order valence-electron chi connectivity index (χ3n) is 3.04. The largest absolute Gasteiger partial charge is 0.479 e. The van der Waals surface area contributed by atoms with Crippen LogP contribution >= 0.6 is 0 Å². The molecule has 2 N–H and O–H groups in total. The van der Waals surface area contributed by atoms with E-state index in [2.05, 4.69) is 20.3 Å². The van der Waals surface area contributed by atoms with Gasteiger partial charge in [-0.1, -0.05) is 12.1 Å². The molecule has 3 aromatic rings. The molecule has 0 atom stereocenters. The highest BCUT2D eigenvalue weighted by Gasteiger charge is 2.35. The van der Waals surface area contributed by atoms with Crippen molar-refractivity contribution in [2.24, 2.45) is 0 Å². The predicted molar refractivity (Wildman–Crippen MR) is 75.1 cm³/mol. The summed E-state index contributed by atoms with van der Waals surface area (Å²) >= 11 is 0. The van der Waals surface area contributed by atoms with Crippen LogP contribution in [0.2, 0.25) is 0 Å². The maximum Gasteiger partial charge on any atom is 0.449 e. The Bertz CT molecular complexity index is 860. The van der Waals surface area contributed by atoms with Gasteiger partial charge >= 0.3 is 6.18 Å². The Kier molecular flexibility index (Phi) is 3.55. The number of fused-ring (bicyclic) bond motifs is 1. The van der Waals surface area contributed by atoms with E-state index in [9.17, 15) is 17.6 Å². The minimum absolute atomic E-state index is 0.000905. The number of hydrogen-bond donors (Lipinski definition) is 2. The summed E-state index contributed by atoms with van der Waals surface area (Å²) in [7, 11) is 1.30. The smallest absolute Gasteiger partial charge is 0.449 e. The van der Waals surface area contributed by atoms with Crippen molar-refractivity contribution >= 4 is 22.5 Å². The average molecular weight is 326 g/mol. The van der Waals surface area contributed by atoms with Gasteiger partial charge in [-0.25, -0.2) is 9.37 Å². The van der Waals surface area contributed by atoms with Gasteiger partial charge in [-0.05, 0) is 18.2 Å². The van der Waals surface area contributed by atoms with Gasteiger partial charge in [0.2, 0.25) is 11.7 Å². The molecule has 0 aliphatic rings. The van der Waals surface area contributed by atoms with E-state index in [0.29, 0.717) is 0 Å². The van der Waals surface area contributed by atoms with Crippen molar-refractivity contribution in [2.75, 3.05) is 12.4 Å². The number of imidazole rings is 1. The molecule has 0 amide bonds. The summed E-state index contributed by atoms with van der Waals surface area (Å²) in [5.74, 6) is -1.68. The summed E-state index contributed by atoms with van der Waals surface area (Å²) < 4.78 is 56.8. The van der Waals surface area contributed by atoms with Crippen molar-refractivity contribution in [3.05, 3.63) is 42.0 Å². The van der Waals surface area contributed by atoms with E-state index in [1.165, 1.54) is 31.4 Å². The molecule has 0 bridgehead atoms. The van der Waals surface area contributed by atoms with Gasteiger partial charge in [0.1, 0.15) is 11.5 Å². The summed E-state index contributed by atoms with van der Waals surface area (Å²) in [6.45, 7) is 0. The molecule has 23 heavy (non-hydrogen) atoms. The number of ether oxygens (including phenoxy) is 1. The number of rotatable bonds is 3. The lowest BCUT2D eigenvalue weighted by molar-refractivity contribution is -0.144. The maximum absolute atomic E-state index is 13.7. The Morgan fingerprint density at radius 3 is 2.52 bits per heavy atom. The summed E-state index contributed by atoms with van der Waals surface area (Å²) in [6.07, 6.45) is -4.62. The van der Waals surface area contributed by atoms with Gasteiger partial charge < -0.3 is 15.0 Å². The lowest BCUT2D eigenvalue weighted by Gasteiger charge is -2.10. The second-order valence-electron chi connectivity index (χ2n) is 4.60. The number of nitrogens with zero attached hydrogens (tertiary/aromatic N) is 2. The first kappa shape index (κ1) is 15.1. The lowest BCUT2D eigenvalue weighted by Crippen LogP contribution is -2.06. The van der Waals surface area contributed by atoms with Gasteiger partial charge in [-0.2, -0.15) is 18.2 Å². The van der Waals surface area contributed by atoms with E-state index < -0.39 is 17.8 Å². The molecular formula is C14H10F4N4O. The molecule has 5 nitrogen and oxygen atoms in total. The van der Waals surface area contributed by atoms with E-state index in [0.717, 1.165) is 0 Å². The minimum atomic E-state index is -4.62. The van der Waals surface area contributed by atoms with Crippen LogP contribution in [0.3, 0.4) is 0 Å². The highest BCUT2D eigenvalue weighted by molar-refractivity contribution is 5.80. The Hall–Kier alpha value is -2.84. The van der Waals surface area contributed by atoms with E-state index in [4.69, 9.17) is 4.74 Å². The predicted octanol–water partition coefficient (Wildman–Crippen LogP) is 3.87. The van der Waals surface area contributed by atoms with E-state index in [-0.39, 0.29) is 28.4 Å². The van der Waals surface area contributed by atoms with Gasteiger partial charge in [-0.15, -0.1) is 0 Å². The summed E-state index contributed by atoms with van der Waals surface area (Å²) in [6, 6.07) is 7.19. The number of H-pyrrole nitrogens is 1. The zero-order chi connectivity index (χ0) is 16.6. The number of halogens is 4. The minimum Gasteiger partial charge on any atom is -0.479 e. The summed E-state index contributed by atoms with van der Waals surface area (Å²) in [5, 5.41) is 2.74. The molecule has 1 aromatic carbocycles. The fourth-order valence-corrected chi connectivity index (χ4v) is 2.01. The van der Waals surface area contributed by atoms with Gasteiger partial charge in [0.25, 0.3) is 0 Å². The molecular weight excluding hydrogens is 316 g/mol. The summed E-state index contributed by atoms with van der Waals surface area (Å²) in [4.78, 5) is 9.43. The zero-order valence-corrected chi connectivity index (χ0v) is 11.7. The highest BCUT2D eigenvalue weighted by atomic mass is 19.4. The maximum atomic E-state index is 13.7. The Balaban J connectivity index is 2.07. The SMILES string of the molecule is COc1nc2nc(C(F)(F)F)[nH]c2cc1Nc1ccccc1F. The van der Waals surface area contributed by atoms with Crippen LogP contribution in [-0.2, 0) is 6.18 Å². The second-order valence-corrected chi connectivity index (χ2v) is 4.60. The number of pyridine rings is 1. The third kappa shape index (κ3) is 2.89. The molecule has 0 unspecified atom stereocenters. The fraction of sp³-hybridized carbons (Fsp3) is 0.143. The monoisotopic (exact) mass is 326 g/mol. The quantitative estimate of drug-likeness (QED) is 0.717. The number of anilines is 2. The molecule has 0 saturated heterocycles. The van der Waals surface area contributed by atoms with Crippen LogP contribution in [0.1, 0.15) is 5.82 Å². The van der Waals surface area contributed by atoms with Crippen LogP contribution in [0.15, 0.2) is 30.3 Å². The van der Waals surface area contributed by atoms with E-state index >= 15 is 0 Å². The number of benzene rings is 1. The first-order valence-corrected chi connectivity index (χ1v) is 6.42. The Morgan fingerprint density at radius 2 is 1.87 bits per heavy atom. The molecule has 0 aliphatic heterocycles. The lowest BCUT2D eigenvalue weighted by atomic mass is 10.3. The van der Waals surface area contributed by atoms with E-state index in [1.807, 2.05) is 0 Å². The van der Waals surface area contributed by atoms with E-state index in [1.54, 1.807) is 6.07 Å². The van der Waals surface area contributed by atoms with Crippen LogP contribution in [0.5, 0.6) is 5.88 Å². The second kappa shape index (κ2) is 5.41. The average Bonchev–Trinajstić information content (AvgIpc) is 2.91. The van der Waals surface area contributed by atoms with Crippen molar-refractivity contribution in [1.82, 2.24) is 15.0 Å². The van der Waals surface area contributed by atoms with Gasteiger partial charge in [0.05, 0.1) is 18.3 Å². The van der Waals surface area contributed by atoms with Crippen LogP contribution in [0.25, 0.3) is 11.2 Å². The molecule has 0 spiro atoms. The van der Waals surface area contributed by atoms with Crippen molar-refractivity contribution in [1.29, 1.82) is 0 Å². The number of aromatic nitrogens is 3. The molecule has 9 heteroatoms. The zero-order valence-electron chi connectivity index (χ0n) is 11.7. The molecule has 0 fully saturated rings. The Labute approximate surface area is 127 Å². The molecule has 0 saturated carbocycles. The number of nitrogens with one attached hydrogen (secondary N) is 2. The molecule has 120 valence electrons. The van der Waals surface area contributed by atoms with Crippen molar-refractivity contribution in [2.45, 2.75) is 6.18 Å². The Morgan fingerprint density at radius 1 is 1.13 bits per heavy atom. The van der Waals surface area contributed by atoms with Gasteiger partial charge in [-0.3, -0.25) is 0 Å². The fourth-order valence-electron chi connectivity index (χ4n) is 2.01. The molecule has 0 radical (unpaired) electrons. The number of para-hydroxylation sites is 1. The highest BCUT2D eigenvalue weighted by Crippen LogP contribution is 2.32.